The van der Waals surface area contributed by atoms with E-state index in [-0.39, 0.29) is 17.9 Å². The number of aliphatic carboxylic acids is 1. The topological polar surface area (TPSA) is 96.6 Å². The highest BCUT2D eigenvalue weighted by molar-refractivity contribution is 5.93. The average molecular weight is 239 g/mol. The number of carboxylic acid groups (broad SMARTS) is 1. The lowest BCUT2D eigenvalue weighted by molar-refractivity contribution is -0.137. The summed E-state index contributed by atoms with van der Waals surface area (Å²) in [5.74, 6) is -1.19. The first-order valence-electron chi connectivity index (χ1n) is 5.18. The van der Waals surface area contributed by atoms with Crippen molar-refractivity contribution in [3.05, 3.63) is 34.4 Å². The van der Waals surface area contributed by atoms with Gasteiger partial charge in [0.1, 0.15) is 6.26 Å². The molecule has 1 heterocycles. The average Bonchev–Trinajstić information content (AvgIpc) is 2.29. The Labute approximate surface area is 97.3 Å². The maximum absolute atomic E-state index is 11.5. The number of hydrogen-bond donors (Lipinski definition) is 2. The second kappa shape index (κ2) is 6.47. The molecule has 0 fully saturated rings. The Balaban J connectivity index is 2.28. The highest BCUT2D eigenvalue weighted by Gasteiger charge is 2.05. The molecular weight excluding hydrogens is 226 g/mol. The molecule has 0 aliphatic heterocycles. The number of carboxylic acids is 1. The highest BCUT2D eigenvalue weighted by Crippen LogP contribution is 1.97. The van der Waals surface area contributed by atoms with E-state index >= 15 is 0 Å². The predicted molar refractivity (Wildman–Crippen MR) is 58.8 cm³/mol. The van der Waals surface area contributed by atoms with Crippen LogP contribution in [0.1, 0.15) is 29.6 Å². The van der Waals surface area contributed by atoms with Gasteiger partial charge in [-0.15, -0.1) is 0 Å². The standard InChI is InChI=1S/C11H13NO5/c13-9(14)3-1-2-6-12-11(16)8-4-5-10(15)17-7-8/h4-5,7H,1-3,6H2,(H,12,16)(H,13,14). The third kappa shape index (κ3) is 4.96. The van der Waals surface area contributed by atoms with Gasteiger partial charge >= 0.3 is 11.6 Å². The SMILES string of the molecule is O=C(O)CCCCNC(=O)c1ccc(=O)oc1. The lowest BCUT2D eigenvalue weighted by atomic mass is 10.2. The lowest BCUT2D eigenvalue weighted by Gasteiger charge is -2.03. The fourth-order valence-corrected chi connectivity index (χ4v) is 1.19. The third-order valence-corrected chi connectivity index (χ3v) is 2.07. The monoisotopic (exact) mass is 239 g/mol. The van der Waals surface area contributed by atoms with Crippen molar-refractivity contribution in [3.63, 3.8) is 0 Å². The number of hydrogen-bond acceptors (Lipinski definition) is 4. The Hall–Kier alpha value is -2.11. The van der Waals surface area contributed by atoms with Gasteiger partial charge in [0.25, 0.3) is 5.91 Å². The summed E-state index contributed by atoms with van der Waals surface area (Å²) in [6.07, 6.45) is 2.29. The van der Waals surface area contributed by atoms with E-state index < -0.39 is 11.6 Å². The van der Waals surface area contributed by atoms with Crippen LogP contribution in [0.3, 0.4) is 0 Å². The predicted octanol–water partition coefficient (Wildman–Crippen LogP) is 0.624. The molecule has 0 saturated carbocycles. The molecule has 1 aromatic heterocycles. The molecule has 6 nitrogen and oxygen atoms in total. The minimum atomic E-state index is -0.846. The van der Waals surface area contributed by atoms with Gasteiger partial charge in [0.05, 0.1) is 5.56 Å². The molecule has 17 heavy (non-hydrogen) atoms. The Morgan fingerprint density at radius 2 is 2.06 bits per heavy atom. The first-order chi connectivity index (χ1) is 8.09. The molecule has 1 amide bonds. The summed E-state index contributed by atoms with van der Waals surface area (Å²) in [5.41, 5.74) is -0.245. The molecule has 0 aromatic carbocycles. The van der Waals surface area contributed by atoms with Crippen LogP contribution in [-0.2, 0) is 4.79 Å². The van der Waals surface area contributed by atoms with Crippen molar-refractivity contribution in [2.24, 2.45) is 0 Å². The Morgan fingerprint density at radius 3 is 2.65 bits per heavy atom. The fourth-order valence-electron chi connectivity index (χ4n) is 1.19. The molecule has 0 saturated heterocycles. The summed E-state index contributed by atoms with van der Waals surface area (Å²) in [4.78, 5) is 32.3. The van der Waals surface area contributed by atoms with Gasteiger partial charge in [-0.05, 0) is 18.9 Å². The molecule has 0 radical (unpaired) electrons. The van der Waals surface area contributed by atoms with Crippen molar-refractivity contribution in [2.45, 2.75) is 19.3 Å². The maximum atomic E-state index is 11.5. The van der Waals surface area contributed by atoms with Crippen LogP contribution in [0.15, 0.2) is 27.6 Å². The molecule has 0 bridgehead atoms. The van der Waals surface area contributed by atoms with Gasteiger partial charge in [0, 0.05) is 19.0 Å². The van der Waals surface area contributed by atoms with Crippen LogP contribution in [0.4, 0.5) is 0 Å². The van der Waals surface area contributed by atoms with Crippen LogP contribution in [0, 0.1) is 0 Å². The van der Waals surface area contributed by atoms with Crippen molar-refractivity contribution in [2.75, 3.05) is 6.54 Å². The van der Waals surface area contributed by atoms with Gasteiger partial charge in [0.2, 0.25) is 0 Å². The molecule has 6 heteroatoms. The summed E-state index contributed by atoms with van der Waals surface area (Å²) in [7, 11) is 0. The molecule has 2 N–H and O–H groups in total. The number of rotatable bonds is 6. The first-order valence-corrected chi connectivity index (χ1v) is 5.18. The minimum absolute atomic E-state index is 0.0933. The van der Waals surface area contributed by atoms with E-state index in [1.165, 1.54) is 12.1 Å². The van der Waals surface area contributed by atoms with Crippen LogP contribution < -0.4 is 10.9 Å². The zero-order valence-electron chi connectivity index (χ0n) is 9.14. The van der Waals surface area contributed by atoms with E-state index in [0.717, 1.165) is 6.26 Å². The van der Waals surface area contributed by atoms with Crippen molar-refractivity contribution >= 4 is 11.9 Å². The summed E-state index contributed by atoms with van der Waals surface area (Å²) in [6.45, 7) is 0.394. The second-order valence-electron chi connectivity index (χ2n) is 3.45. The first kappa shape index (κ1) is 13.0. The van der Waals surface area contributed by atoms with Crippen molar-refractivity contribution in [1.29, 1.82) is 0 Å². The van der Waals surface area contributed by atoms with Gasteiger partial charge in [-0.3, -0.25) is 9.59 Å². The lowest BCUT2D eigenvalue weighted by Crippen LogP contribution is -2.24. The summed E-state index contributed by atoms with van der Waals surface area (Å²) < 4.78 is 4.54. The van der Waals surface area contributed by atoms with Crippen LogP contribution in [0.25, 0.3) is 0 Å². The highest BCUT2D eigenvalue weighted by atomic mass is 16.4. The summed E-state index contributed by atoms with van der Waals surface area (Å²) >= 11 is 0. The largest absolute Gasteiger partial charge is 0.481 e. The van der Waals surface area contributed by atoms with Gasteiger partial charge in [-0.2, -0.15) is 0 Å². The van der Waals surface area contributed by atoms with Crippen molar-refractivity contribution in [1.82, 2.24) is 5.32 Å². The third-order valence-electron chi connectivity index (χ3n) is 2.07. The second-order valence-corrected chi connectivity index (χ2v) is 3.45. The normalized spacial score (nSPS) is 9.88. The summed E-state index contributed by atoms with van der Waals surface area (Å²) in [6, 6.07) is 2.54. The quantitative estimate of drug-likeness (QED) is 0.709. The molecule has 0 spiro atoms. The van der Waals surface area contributed by atoms with Gasteiger partial charge in [-0.1, -0.05) is 0 Å². The molecule has 1 rings (SSSR count). The van der Waals surface area contributed by atoms with E-state index in [4.69, 9.17) is 5.11 Å². The van der Waals surface area contributed by atoms with E-state index in [0.29, 0.717) is 19.4 Å². The Bertz CT molecular complexity index is 431. The minimum Gasteiger partial charge on any atom is -0.481 e. The number of unbranched alkanes of at least 4 members (excludes halogenated alkanes) is 1. The molecule has 0 aliphatic carbocycles. The van der Waals surface area contributed by atoms with Gasteiger partial charge in [0.15, 0.2) is 0 Å². The van der Waals surface area contributed by atoms with Crippen LogP contribution in [-0.4, -0.2) is 23.5 Å². The van der Waals surface area contributed by atoms with Crippen molar-refractivity contribution in [3.8, 4) is 0 Å². The smallest absolute Gasteiger partial charge is 0.335 e. The van der Waals surface area contributed by atoms with Gasteiger partial charge in [-0.25, -0.2) is 4.79 Å². The van der Waals surface area contributed by atoms with E-state index in [1.54, 1.807) is 0 Å². The number of carbonyl (C=O) groups excluding carboxylic acids is 1. The molecule has 92 valence electrons. The molecule has 0 aliphatic rings. The fraction of sp³-hybridized carbons (Fsp3) is 0.364. The molecule has 0 atom stereocenters. The number of amides is 1. The van der Waals surface area contributed by atoms with E-state index in [2.05, 4.69) is 9.73 Å². The van der Waals surface area contributed by atoms with Crippen molar-refractivity contribution < 1.29 is 19.1 Å². The molecule has 0 unspecified atom stereocenters. The Morgan fingerprint density at radius 1 is 1.29 bits per heavy atom. The van der Waals surface area contributed by atoms with Gasteiger partial charge < -0.3 is 14.8 Å². The number of carbonyl (C=O) groups is 2. The zero-order valence-corrected chi connectivity index (χ0v) is 9.14. The van der Waals surface area contributed by atoms with Crippen LogP contribution in [0.2, 0.25) is 0 Å². The van der Waals surface area contributed by atoms with Crippen LogP contribution in [0.5, 0.6) is 0 Å². The zero-order chi connectivity index (χ0) is 12.7. The van der Waals surface area contributed by atoms with E-state index in [1.807, 2.05) is 0 Å². The maximum Gasteiger partial charge on any atom is 0.335 e. The molecule has 1 aromatic rings. The van der Waals surface area contributed by atoms with E-state index in [9.17, 15) is 14.4 Å². The molecular formula is C11H13NO5. The van der Waals surface area contributed by atoms with Crippen LogP contribution >= 0.6 is 0 Å². The number of nitrogens with one attached hydrogen (secondary N) is 1. The summed E-state index contributed by atoms with van der Waals surface area (Å²) in [5, 5.41) is 11.0. The Kier molecular flexibility index (Phi) is 4.93.